The number of pyridine rings is 1. The number of carboxylic acid groups (broad SMARTS) is 1. The molecule has 2 fully saturated rings. The van der Waals surface area contributed by atoms with Gasteiger partial charge in [0.05, 0.1) is 15.8 Å². The molecule has 26 heavy (non-hydrogen) atoms. The van der Waals surface area contributed by atoms with E-state index in [1.807, 2.05) is 4.90 Å². The Morgan fingerprint density at radius 1 is 1.27 bits per heavy atom. The number of nitro groups is 1. The molecule has 0 atom stereocenters. The summed E-state index contributed by atoms with van der Waals surface area (Å²) in [6.07, 6.45) is 3.19. The highest BCUT2D eigenvalue weighted by Crippen LogP contribution is 2.40. The first-order chi connectivity index (χ1) is 12.5. The Kier molecular flexibility index (Phi) is 4.10. The summed E-state index contributed by atoms with van der Waals surface area (Å²) >= 11 is 1.80. The second kappa shape index (κ2) is 6.31. The molecule has 1 aliphatic carbocycles. The van der Waals surface area contributed by atoms with Gasteiger partial charge >= 0.3 is 5.97 Å². The molecular formula is C17H17N3O5S. The van der Waals surface area contributed by atoms with Gasteiger partial charge < -0.3 is 14.6 Å². The number of thioether (sulfide) groups is 1. The normalized spacial score (nSPS) is 17.5. The van der Waals surface area contributed by atoms with Crippen molar-refractivity contribution in [2.45, 2.75) is 18.9 Å². The Labute approximate surface area is 152 Å². The molecule has 9 heteroatoms. The van der Waals surface area contributed by atoms with Crippen LogP contribution >= 0.6 is 11.8 Å². The number of carbonyl (C=O) groups is 1. The van der Waals surface area contributed by atoms with Crippen molar-refractivity contribution in [3.05, 3.63) is 44.2 Å². The smallest absolute Gasteiger partial charge is 0.341 e. The Bertz CT molecular complexity index is 977. The van der Waals surface area contributed by atoms with E-state index in [1.165, 1.54) is 12.3 Å². The first-order valence-corrected chi connectivity index (χ1v) is 9.56. The van der Waals surface area contributed by atoms with Crippen LogP contribution < -0.4 is 10.3 Å². The maximum absolute atomic E-state index is 12.6. The molecule has 0 spiro atoms. The number of nitro benzene ring substituents is 1. The minimum absolute atomic E-state index is 0.0960. The first-order valence-electron chi connectivity index (χ1n) is 8.40. The van der Waals surface area contributed by atoms with Crippen molar-refractivity contribution in [1.82, 2.24) is 4.57 Å². The van der Waals surface area contributed by atoms with E-state index in [1.54, 1.807) is 22.4 Å². The van der Waals surface area contributed by atoms with Gasteiger partial charge in [0.2, 0.25) is 5.43 Å². The Hall–Kier alpha value is -2.55. The third-order valence-corrected chi connectivity index (χ3v) is 5.79. The predicted molar refractivity (Wildman–Crippen MR) is 99.6 cm³/mol. The van der Waals surface area contributed by atoms with Gasteiger partial charge in [0.1, 0.15) is 11.3 Å². The van der Waals surface area contributed by atoms with Crippen LogP contribution in [0.1, 0.15) is 29.2 Å². The van der Waals surface area contributed by atoms with Crippen molar-refractivity contribution in [2.75, 3.05) is 29.5 Å². The van der Waals surface area contributed by atoms with E-state index < -0.39 is 16.3 Å². The van der Waals surface area contributed by atoms with Crippen LogP contribution in [0.25, 0.3) is 10.9 Å². The van der Waals surface area contributed by atoms with Crippen molar-refractivity contribution < 1.29 is 14.8 Å². The molecule has 136 valence electrons. The maximum atomic E-state index is 12.6. The molecule has 1 aliphatic heterocycles. The van der Waals surface area contributed by atoms with Gasteiger partial charge in [-0.25, -0.2) is 4.79 Å². The minimum Gasteiger partial charge on any atom is -0.477 e. The van der Waals surface area contributed by atoms with Crippen LogP contribution in [0.2, 0.25) is 0 Å². The molecule has 2 heterocycles. The van der Waals surface area contributed by atoms with Gasteiger partial charge in [0, 0.05) is 42.9 Å². The third kappa shape index (κ3) is 2.82. The van der Waals surface area contributed by atoms with Crippen molar-refractivity contribution in [2.24, 2.45) is 0 Å². The number of nitrogens with zero attached hydrogens (tertiary/aromatic N) is 3. The lowest BCUT2D eigenvalue weighted by molar-refractivity contribution is -0.384. The molecule has 1 saturated heterocycles. The SMILES string of the molecule is O=C(O)c1cn(C2CC2)c2cc(N3CCSCC3)c([N+](=O)[O-])cc2c1=O. The van der Waals surface area contributed by atoms with Crippen molar-refractivity contribution in [1.29, 1.82) is 0 Å². The number of aromatic nitrogens is 1. The van der Waals surface area contributed by atoms with Gasteiger partial charge in [-0.2, -0.15) is 11.8 Å². The van der Waals surface area contributed by atoms with Crippen LogP contribution in [0.4, 0.5) is 11.4 Å². The molecule has 0 radical (unpaired) electrons. The Balaban J connectivity index is 2.01. The van der Waals surface area contributed by atoms with E-state index in [0.717, 1.165) is 24.3 Å². The monoisotopic (exact) mass is 375 g/mol. The molecule has 1 saturated carbocycles. The number of benzene rings is 1. The lowest BCUT2D eigenvalue weighted by atomic mass is 10.1. The van der Waals surface area contributed by atoms with Gasteiger partial charge in [-0.05, 0) is 18.9 Å². The molecule has 0 unspecified atom stereocenters. The fourth-order valence-corrected chi connectivity index (χ4v) is 4.29. The van der Waals surface area contributed by atoms with E-state index in [4.69, 9.17) is 0 Å². The number of aromatic carboxylic acids is 1. The topological polar surface area (TPSA) is 106 Å². The number of anilines is 1. The second-order valence-electron chi connectivity index (χ2n) is 6.53. The second-order valence-corrected chi connectivity index (χ2v) is 7.75. The molecule has 0 bridgehead atoms. The summed E-state index contributed by atoms with van der Waals surface area (Å²) in [4.78, 5) is 37.1. The molecular weight excluding hydrogens is 358 g/mol. The zero-order chi connectivity index (χ0) is 18.4. The average molecular weight is 375 g/mol. The number of hydrogen-bond donors (Lipinski definition) is 1. The van der Waals surface area contributed by atoms with E-state index in [0.29, 0.717) is 24.3 Å². The fourth-order valence-electron chi connectivity index (χ4n) is 3.38. The van der Waals surface area contributed by atoms with Crippen LogP contribution in [0.5, 0.6) is 0 Å². The summed E-state index contributed by atoms with van der Waals surface area (Å²) in [6.45, 7) is 1.41. The lowest BCUT2D eigenvalue weighted by Crippen LogP contribution is -2.33. The molecule has 8 nitrogen and oxygen atoms in total. The van der Waals surface area contributed by atoms with Crippen molar-refractivity contribution >= 4 is 40.0 Å². The number of hydrogen-bond acceptors (Lipinski definition) is 6. The fraction of sp³-hybridized carbons (Fsp3) is 0.412. The van der Waals surface area contributed by atoms with Crippen LogP contribution in [0, 0.1) is 10.1 Å². The predicted octanol–water partition coefficient (Wildman–Crippen LogP) is 2.50. The molecule has 1 N–H and O–H groups in total. The minimum atomic E-state index is -1.31. The largest absolute Gasteiger partial charge is 0.477 e. The number of rotatable bonds is 4. The number of carboxylic acids is 1. The van der Waals surface area contributed by atoms with E-state index in [9.17, 15) is 24.8 Å². The zero-order valence-corrected chi connectivity index (χ0v) is 14.7. The molecule has 0 amide bonds. The summed E-state index contributed by atoms with van der Waals surface area (Å²) in [7, 11) is 0. The van der Waals surface area contributed by atoms with Crippen LogP contribution in [-0.2, 0) is 0 Å². The molecule has 2 aliphatic rings. The molecule has 1 aromatic heterocycles. The average Bonchev–Trinajstić information content (AvgIpc) is 3.46. The number of fused-ring (bicyclic) bond motifs is 1. The zero-order valence-electron chi connectivity index (χ0n) is 13.9. The summed E-state index contributed by atoms with van der Waals surface area (Å²) in [5, 5.41) is 21.0. The highest BCUT2D eigenvalue weighted by Gasteiger charge is 2.30. The van der Waals surface area contributed by atoms with Gasteiger partial charge in [0.25, 0.3) is 5.69 Å². The Morgan fingerprint density at radius 2 is 1.96 bits per heavy atom. The third-order valence-electron chi connectivity index (χ3n) is 4.85. The van der Waals surface area contributed by atoms with Gasteiger partial charge in [-0.1, -0.05) is 0 Å². The van der Waals surface area contributed by atoms with Crippen LogP contribution in [0.3, 0.4) is 0 Å². The summed E-state index contributed by atoms with van der Waals surface area (Å²) in [5.74, 6) is 0.469. The quantitative estimate of drug-likeness (QED) is 0.646. The maximum Gasteiger partial charge on any atom is 0.341 e. The van der Waals surface area contributed by atoms with E-state index >= 15 is 0 Å². The first kappa shape index (κ1) is 16.9. The van der Waals surface area contributed by atoms with E-state index in [-0.39, 0.29) is 22.7 Å². The highest BCUT2D eigenvalue weighted by molar-refractivity contribution is 7.99. The molecule has 1 aromatic carbocycles. The lowest BCUT2D eigenvalue weighted by Gasteiger charge is -2.28. The summed E-state index contributed by atoms with van der Waals surface area (Å²) in [5.41, 5.74) is -0.0959. The molecule has 4 rings (SSSR count). The highest BCUT2D eigenvalue weighted by atomic mass is 32.2. The summed E-state index contributed by atoms with van der Waals surface area (Å²) < 4.78 is 1.80. The van der Waals surface area contributed by atoms with Crippen molar-refractivity contribution in [3.8, 4) is 0 Å². The Morgan fingerprint density at radius 3 is 2.54 bits per heavy atom. The standard InChI is InChI=1S/C17H17N3O5S/c21-16-11-7-15(20(24)25)14(18-3-5-26-6-4-18)8-13(11)19(10-1-2-10)9-12(16)17(22)23/h7-10H,1-6H2,(H,22,23). The van der Waals surface area contributed by atoms with Gasteiger partial charge in [-0.3, -0.25) is 14.9 Å². The van der Waals surface area contributed by atoms with Crippen LogP contribution in [-0.4, -0.2) is 45.2 Å². The van der Waals surface area contributed by atoms with Crippen molar-refractivity contribution in [3.63, 3.8) is 0 Å². The van der Waals surface area contributed by atoms with Gasteiger partial charge in [-0.15, -0.1) is 0 Å². The van der Waals surface area contributed by atoms with Gasteiger partial charge in [0.15, 0.2) is 0 Å². The summed E-state index contributed by atoms with van der Waals surface area (Å²) in [6, 6.07) is 3.08. The van der Waals surface area contributed by atoms with Crippen LogP contribution in [0.15, 0.2) is 23.1 Å². The molecule has 2 aromatic rings. The van der Waals surface area contributed by atoms with E-state index in [2.05, 4.69) is 0 Å².